The maximum Gasteiger partial charge on any atom is 0.145 e. The lowest BCUT2D eigenvalue weighted by atomic mass is 10.1. The van der Waals surface area contributed by atoms with Gasteiger partial charge in [-0.15, -0.1) is 11.8 Å². The number of hydrogen-bond acceptors (Lipinski definition) is 3. The molecule has 20 heavy (non-hydrogen) atoms. The third-order valence-corrected chi connectivity index (χ3v) is 4.54. The second kappa shape index (κ2) is 6.70. The van der Waals surface area contributed by atoms with Crippen LogP contribution in [-0.4, -0.2) is 12.0 Å². The van der Waals surface area contributed by atoms with E-state index in [9.17, 15) is 0 Å². The van der Waals surface area contributed by atoms with Crippen LogP contribution < -0.4 is 5.32 Å². The highest BCUT2D eigenvalue weighted by Gasteiger charge is 2.09. The van der Waals surface area contributed by atoms with Gasteiger partial charge in [0.2, 0.25) is 0 Å². The summed E-state index contributed by atoms with van der Waals surface area (Å²) in [6, 6.07) is 8.26. The molecule has 1 aromatic carbocycles. The Hall–Kier alpha value is -0.900. The van der Waals surface area contributed by atoms with Gasteiger partial charge in [0, 0.05) is 12.8 Å². The average molecular weight is 327 g/mol. The first-order valence-electron chi connectivity index (χ1n) is 6.23. The van der Waals surface area contributed by atoms with Crippen molar-refractivity contribution in [1.82, 2.24) is 4.98 Å². The number of nitrogens with one attached hydrogen (secondary N) is 1. The minimum Gasteiger partial charge on any atom is -0.372 e. The summed E-state index contributed by atoms with van der Waals surface area (Å²) in [5.74, 6) is 1.49. The summed E-state index contributed by atoms with van der Waals surface area (Å²) < 4.78 is 0. The number of halogens is 2. The van der Waals surface area contributed by atoms with Crippen LogP contribution >= 0.6 is 35.0 Å². The monoisotopic (exact) mass is 326 g/mol. The topological polar surface area (TPSA) is 24.9 Å². The third-order valence-electron chi connectivity index (χ3n) is 2.79. The molecule has 1 N–H and O–H groups in total. The van der Waals surface area contributed by atoms with E-state index >= 15 is 0 Å². The van der Waals surface area contributed by atoms with Crippen LogP contribution in [0.25, 0.3) is 0 Å². The molecular weight excluding hydrogens is 311 g/mol. The van der Waals surface area contributed by atoms with Crippen molar-refractivity contribution in [2.75, 3.05) is 12.4 Å². The molecule has 0 radical (unpaired) electrons. The Bertz CT molecular complexity index is 609. The predicted octanol–water partition coefficient (Wildman–Crippen LogP) is 5.34. The van der Waals surface area contributed by atoms with Crippen molar-refractivity contribution in [3.8, 4) is 0 Å². The molecule has 2 nitrogen and oxygen atoms in total. The van der Waals surface area contributed by atoms with Crippen LogP contribution in [-0.2, 0) is 5.75 Å². The molecule has 0 spiro atoms. The number of hydrogen-bond donors (Lipinski definition) is 1. The molecule has 1 heterocycles. The second-order valence-electron chi connectivity index (χ2n) is 4.64. The first-order valence-corrected chi connectivity index (χ1v) is 7.97. The van der Waals surface area contributed by atoms with Crippen molar-refractivity contribution in [1.29, 1.82) is 0 Å². The van der Waals surface area contributed by atoms with Gasteiger partial charge in [0.1, 0.15) is 10.8 Å². The van der Waals surface area contributed by atoms with Gasteiger partial charge in [-0.25, -0.2) is 4.98 Å². The fraction of sp³-hybridized carbons (Fsp3) is 0.267. The van der Waals surface area contributed by atoms with Crippen molar-refractivity contribution >= 4 is 40.8 Å². The van der Waals surface area contributed by atoms with Crippen LogP contribution in [0.1, 0.15) is 16.7 Å². The van der Waals surface area contributed by atoms with E-state index in [4.69, 9.17) is 23.2 Å². The van der Waals surface area contributed by atoms with Gasteiger partial charge in [-0.3, -0.25) is 0 Å². The fourth-order valence-electron chi connectivity index (χ4n) is 2.03. The van der Waals surface area contributed by atoms with Crippen LogP contribution in [0.3, 0.4) is 0 Å². The van der Waals surface area contributed by atoms with E-state index < -0.39 is 0 Å². The van der Waals surface area contributed by atoms with Gasteiger partial charge in [-0.1, -0.05) is 52.5 Å². The van der Waals surface area contributed by atoms with E-state index in [2.05, 4.69) is 42.3 Å². The van der Waals surface area contributed by atoms with Crippen molar-refractivity contribution in [3.63, 3.8) is 0 Å². The van der Waals surface area contributed by atoms with Gasteiger partial charge in [-0.05, 0) is 25.5 Å². The molecule has 0 amide bonds. The molecule has 0 aliphatic heterocycles. The molecule has 0 saturated heterocycles. The van der Waals surface area contributed by atoms with Crippen molar-refractivity contribution in [2.45, 2.75) is 24.6 Å². The Morgan fingerprint density at radius 3 is 2.30 bits per heavy atom. The van der Waals surface area contributed by atoms with E-state index in [1.54, 1.807) is 24.9 Å². The molecule has 0 bridgehead atoms. The number of anilines is 1. The lowest BCUT2D eigenvalue weighted by Gasteiger charge is -2.09. The third kappa shape index (κ3) is 3.81. The van der Waals surface area contributed by atoms with Gasteiger partial charge in [0.25, 0.3) is 0 Å². The fourth-order valence-corrected chi connectivity index (χ4v) is 3.47. The summed E-state index contributed by atoms with van der Waals surface area (Å²) in [7, 11) is 1.79. The zero-order chi connectivity index (χ0) is 14.7. The summed E-state index contributed by atoms with van der Waals surface area (Å²) in [6.45, 7) is 4.21. The molecule has 0 atom stereocenters. The first-order chi connectivity index (χ1) is 9.49. The molecule has 106 valence electrons. The Labute approximate surface area is 133 Å². The molecule has 0 aliphatic carbocycles. The summed E-state index contributed by atoms with van der Waals surface area (Å²) >= 11 is 13.8. The van der Waals surface area contributed by atoms with Gasteiger partial charge < -0.3 is 5.32 Å². The maximum absolute atomic E-state index is 6.19. The summed E-state index contributed by atoms with van der Waals surface area (Å²) in [5.41, 5.74) is 3.81. The number of nitrogens with zero attached hydrogens (tertiary/aromatic N) is 1. The van der Waals surface area contributed by atoms with Crippen LogP contribution in [0.5, 0.6) is 0 Å². The molecule has 2 rings (SSSR count). The normalized spacial score (nSPS) is 10.7. The highest BCUT2D eigenvalue weighted by atomic mass is 35.5. The van der Waals surface area contributed by atoms with E-state index in [0.29, 0.717) is 15.9 Å². The number of rotatable bonds is 4. The standard InChI is InChI=1S/C15H16Cl2N2S/c1-9-4-10(2)6-11(5-9)8-20-15-13(17)7-12(16)14(18-3)19-15/h4-7H,8H2,1-3H3,(H,18,19). The second-order valence-corrected chi connectivity index (χ2v) is 6.42. The van der Waals surface area contributed by atoms with E-state index in [1.165, 1.54) is 16.7 Å². The number of aromatic nitrogens is 1. The van der Waals surface area contributed by atoms with Gasteiger partial charge in [0.05, 0.1) is 10.0 Å². The highest BCUT2D eigenvalue weighted by Crippen LogP contribution is 2.33. The Morgan fingerprint density at radius 2 is 1.70 bits per heavy atom. The minimum absolute atomic E-state index is 0.535. The molecule has 0 unspecified atom stereocenters. The van der Waals surface area contributed by atoms with Crippen LogP contribution in [0.4, 0.5) is 5.82 Å². The van der Waals surface area contributed by atoms with E-state index in [-0.39, 0.29) is 0 Å². The predicted molar refractivity (Wildman–Crippen MR) is 89.3 cm³/mol. The highest BCUT2D eigenvalue weighted by molar-refractivity contribution is 7.98. The molecule has 0 fully saturated rings. The summed E-state index contributed by atoms with van der Waals surface area (Å²) in [6.07, 6.45) is 0. The largest absolute Gasteiger partial charge is 0.372 e. The number of benzene rings is 1. The number of thioether (sulfide) groups is 1. The quantitative estimate of drug-likeness (QED) is 0.767. The van der Waals surface area contributed by atoms with Crippen molar-refractivity contribution in [3.05, 3.63) is 51.0 Å². The average Bonchev–Trinajstić information content (AvgIpc) is 2.36. The molecule has 0 aliphatic rings. The Morgan fingerprint density at radius 1 is 1.05 bits per heavy atom. The van der Waals surface area contributed by atoms with E-state index in [1.807, 2.05) is 0 Å². The minimum atomic E-state index is 0.535. The lowest BCUT2D eigenvalue weighted by Crippen LogP contribution is -1.95. The lowest BCUT2D eigenvalue weighted by molar-refractivity contribution is 1.12. The SMILES string of the molecule is CNc1nc(SCc2cc(C)cc(C)c2)c(Cl)cc1Cl. The smallest absolute Gasteiger partial charge is 0.145 e. The number of aryl methyl sites for hydroxylation is 2. The van der Waals surface area contributed by atoms with Crippen molar-refractivity contribution < 1.29 is 0 Å². The molecule has 2 aromatic rings. The maximum atomic E-state index is 6.19. The summed E-state index contributed by atoms with van der Waals surface area (Å²) in [5, 5.41) is 4.88. The molecule has 1 aromatic heterocycles. The Kier molecular flexibility index (Phi) is 5.19. The Balaban J connectivity index is 2.18. The first kappa shape index (κ1) is 15.5. The number of pyridine rings is 1. The van der Waals surface area contributed by atoms with E-state index in [0.717, 1.165) is 10.8 Å². The molecule has 0 saturated carbocycles. The zero-order valence-corrected chi connectivity index (χ0v) is 14.0. The van der Waals surface area contributed by atoms with Crippen LogP contribution in [0.2, 0.25) is 10.0 Å². The zero-order valence-electron chi connectivity index (χ0n) is 11.6. The van der Waals surface area contributed by atoms with Gasteiger partial charge >= 0.3 is 0 Å². The van der Waals surface area contributed by atoms with Gasteiger partial charge in [-0.2, -0.15) is 0 Å². The molecular formula is C15H16Cl2N2S. The van der Waals surface area contributed by atoms with Crippen molar-refractivity contribution in [2.24, 2.45) is 0 Å². The van der Waals surface area contributed by atoms with Crippen LogP contribution in [0, 0.1) is 13.8 Å². The summed E-state index contributed by atoms with van der Waals surface area (Å²) in [4.78, 5) is 4.44. The molecule has 5 heteroatoms. The van der Waals surface area contributed by atoms with Gasteiger partial charge in [0.15, 0.2) is 0 Å². The van der Waals surface area contributed by atoms with Crippen LogP contribution in [0.15, 0.2) is 29.3 Å².